The van der Waals surface area contributed by atoms with Crippen LogP contribution in [0.15, 0.2) is 24.3 Å². The molecule has 9 nitrogen and oxygen atoms in total. The maximum Gasteiger partial charge on any atom is 0.242 e. The van der Waals surface area contributed by atoms with Gasteiger partial charge in [-0.1, -0.05) is 12.1 Å². The summed E-state index contributed by atoms with van der Waals surface area (Å²) in [5.74, 6) is -0.101. The lowest BCUT2D eigenvalue weighted by atomic mass is 10.1. The Hall–Kier alpha value is -2.17. The van der Waals surface area contributed by atoms with Crippen molar-refractivity contribution in [2.45, 2.75) is 45.9 Å². The van der Waals surface area contributed by atoms with Crippen LogP contribution >= 0.6 is 0 Å². The van der Waals surface area contributed by atoms with Crippen molar-refractivity contribution in [2.24, 2.45) is 0 Å². The molecule has 0 saturated carbocycles. The Bertz CT molecular complexity index is 811. The highest BCUT2D eigenvalue weighted by Crippen LogP contribution is 2.15. The molecule has 1 aromatic carbocycles. The number of methoxy groups -OCH3 is 1. The maximum atomic E-state index is 12.9. The molecule has 1 N–H and O–H groups in total. The zero-order chi connectivity index (χ0) is 23.6. The standard InChI is InChI=1S/C21H35N3O6S/c1-16(2)30-13-7-12-22-21(26)17(3)24(20(25)15-23(4)31(6,27)28)14-18-8-10-19(29-5)11-9-18/h8-11,16-17H,7,12-15H2,1-6H3,(H,22,26). The number of nitrogens with one attached hydrogen (secondary N) is 1. The summed E-state index contributed by atoms with van der Waals surface area (Å²) in [6, 6.07) is 6.34. The van der Waals surface area contributed by atoms with Gasteiger partial charge >= 0.3 is 0 Å². The number of benzene rings is 1. The Balaban J connectivity index is 2.88. The summed E-state index contributed by atoms with van der Waals surface area (Å²) in [4.78, 5) is 27.0. The summed E-state index contributed by atoms with van der Waals surface area (Å²) in [5, 5.41) is 2.81. The first-order valence-corrected chi connectivity index (χ1v) is 12.0. The molecule has 31 heavy (non-hydrogen) atoms. The number of hydrogen-bond donors (Lipinski definition) is 1. The fraction of sp³-hybridized carbons (Fsp3) is 0.619. The van der Waals surface area contributed by atoms with Gasteiger partial charge < -0.3 is 19.7 Å². The second kappa shape index (κ2) is 12.6. The number of sulfonamides is 1. The van der Waals surface area contributed by atoms with E-state index in [9.17, 15) is 18.0 Å². The maximum absolute atomic E-state index is 12.9. The first kappa shape index (κ1) is 26.9. The predicted molar refractivity (Wildman–Crippen MR) is 119 cm³/mol. The minimum atomic E-state index is -3.53. The average Bonchev–Trinajstić information content (AvgIpc) is 2.70. The van der Waals surface area contributed by atoms with Crippen molar-refractivity contribution in [1.82, 2.24) is 14.5 Å². The van der Waals surface area contributed by atoms with Crippen molar-refractivity contribution in [1.29, 1.82) is 0 Å². The monoisotopic (exact) mass is 457 g/mol. The zero-order valence-corrected chi connectivity index (χ0v) is 20.1. The number of nitrogens with zero attached hydrogens (tertiary/aromatic N) is 2. The number of ether oxygens (including phenoxy) is 2. The molecule has 1 unspecified atom stereocenters. The van der Waals surface area contributed by atoms with Gasteiger partial charge in [0.05, 0.1) is 26.0 Å². The Morgan fingerprint density at radius 3 is 2.26 bits per heavy atom. The van der Waals surface area contributed by atoms with Gasteiger partial charge in [0, 0.05) is 26.7 Å². The van der Waals surface area contributed by atoms with Gasteiger partial charge in [0.1, 0.15) is 11.8 Å². The number of rotatable bonds is 13. The average molecular weight is 458 g/mol. The van der Waals surface area contributed by atoms with Crippen LogP contribution in [0.4, 0.5) is 0 Å². The fourth-order valence-electron chi connectivity index (χ4n) is 2.66. The predicted octanol–water partition coefficient (Wildman–Crippen LogP) is 1.24. The molecule has 0 heterocycles. The van der Waals surface area contributed by atoms with Gasteiger partial charge in [-0.15, -0.1) is 0 Å². The van der Waals surface area contributed by atoms with Gasteiger partial charge in [-0.3, -0.25) is 9.59 Å². The lowest BCUT2D eigenvalue weighted by molar-refractivity contribution is -0.140. The molecule has 10 heteroatoms. The van der Waals surface area contributed by atoms with Crippen LogP contribution < -0.4 is 10.1 Å². The Kier molecular flexibility index (Phi) is 10.9. The van der Waals surface area contributed by atoms with Crippen LogP contribution in [0.2, 0.25) is 0 Å². The Morgan fingerprint density at radius 1 is 1.13 bits per heavy atom. The van der Waals surface area contributed by atoms with E-state index in [4.69, 9.17) is 9.47 Å². The second-order valence-corrected chi connectivity index (χ2v) is 9.72. The van der Waals surface area contributed by atoms with Crippen molar-refractivity contribution < 1.29 is 27.5 Å². The normalized spacial score (nSPS) is 12.6. The van der Waals surface area contributed by atoms with Gasteiger partial charge in [0.25, 0.3) is 0 Å². The topological polar surface area (TPSA) is 105 Å². The molecule has 1 rings (SSSR count). The van der Waals surface area contributed by atoms with Crippen LogP contribution in [0.25, 0.3) is 0 Å². The minimum Gasteiger partial charge on any atom is -0.497 e. The summed E-state index contributed by atoms with van der Waals surface area (Å²) in [6.07, 6.45) is 1.81. The molecule has 0 fully saturated rings. The highest BCUT2D eigenvalue weighted by molar-refractivity contribution is 7.88. The van der Waals surface area contributed by atoms with E-state index in [1.165, 1.54) is 11.9 Å². The molecule has 0 aliphatic carbocycles. The zero-order valence-electron chi connectivity index (χ0n) is 19.3. The van der Waals surface area contributed by atoms with E-state index in [2.05, 4.69) is 5.32 Å². The van der Waals surface area contributed by atoms with Crippen LogP contribution in [-0.2, 0) is 30.9 Å². The first-order chi connectivity index (χ1) is 14.5. The molecule has 1 aromatic rings. The van der Waals surface area contributed by atoms with E-state index >= 15 is 0 Å². The molecule has 0 aromatic heterocycles. The van der Waals surface area contributed by atoms with Crippen LogP contribution in [0, 0.1) is 0 Å². The molecule has 0 saturated heterocycles. The van der Waals surface area contributed by atoms with Gasteiger partial charge in [0.2, 0.25) is 21.8 Å². The van der Waals surface area contributed by atoms with Crippen LogP contribution in [0.3, 0.4) is 0 Å². The molecule has 0 bridgehead atoms. The molecular weight excluding hydrogens is 422 g/mol. The van der Waals surface area contributed by atoms with E-state index in [1.54, 1.807) is 38.3 Å². The first-order valence-electron chi connectivity index (χ1n) is 10.2. The van der Waals surface area contributed by atoms with Crippen molar-refractivity contribution in [2.75, 3.05) is 40.1 Å². The van der Waals surface area contributed by atoms with Crippen LogP contribution in [0.5, 0.6) is 5.75 Å². The Morgan fingerprint density at radius 2 is 1.74 bits per heavy atom. The van der Waals surface area contributed by atoms with Crippen molar-refractivity contribution in [3.63, 3.8) is 0 Å². The molecule has 0 radical (unpaired) electrons. The molecular formula is C21H35N3O6S. The van der Waals surface area contributed by atoms with Crippen molar-refractivity contribution in [3.05, 3.63) is 29.8 Å². The summed E-state index contributed by atoms with van der Waals surface area (Å²) < 4.78 is 35.0. The molecule has 2 amide bonds. The highest BCUT2D eigenvalue weighted by atomic mass is 32.2. The number of carbonyl (C=O) groups excluding carboxylic acids is 2. The molecule has 0 aliphatic heterocycles. The third-order valence-electron chi connectivity index (χ3n) is 4.67. The summed E-state index contributed by atoms with van der Waals surface area (Å²) in [5.41, 5.74) is 0.793. The van der Waals surface area contributed by atoms with Crippen LogP contribution in [-0.4, -0.2) is 81.7 Å². The lowest BCUT2D eigenvalue weighted by Crippen LogP contribution is -2.50. The number of amides is 2. The smallest absolute Gasteiger partial charge is 0.242 e. The fourth-order valence-corrected chi connectivity index (χ4v) is 3.00. The SMILES string of the molecule is COc1ccc(CN(C(=O)CN(C)S(C)(=O)=O)C(C)C(=O)NCCCOC(C)C)cc1. The van der Waals surface area contributed by atoms with E-state index < -0.39 is 22.0 Å². The van der Waals surface area contributed by atoms with Crippen LogP contribution in [0.1, 0.15) is 32.8 Å². The lowest BCUT2D eigenvalue weighted by Gasteiger charge is -2.30. The molecule has 0 aliphatic rings. The van der Waals surface area contributed by atoms with E-state index in [-0.39, 0.29) is 25.1 Å². The molecule has 176 valence electrons. The number of hydrogen-bond acceptors (Lipinski definition) is 6. The summed E-state index contributed by atoms with van der Waals surface area (Å²) in [6.45, 7) is 6.26. The molecule has 1 atom stereocenters. The quantitative estimate of drug-likeness (QED) is 0.447. The van der Waals surface area contributed by atoms with Gasteiger partial charge in [-0.05, 0) is 44.9 Å². The minimum absolute atomic E-state index is 0.124. The summed E-state index contributed by atoms with van der Waals surface area (Å²) in [7, 11) is -0.640. The van der Waals surface area contributed by atoms with Crippen molar-refractivity contribution in [3.8, 4) is 5.75 Å². The molecule has 0 spiro atoms. The largest absolute Gasteiger partial charge is 0.497 e. The van der Waals surface area contributed by atoms with E-state index in [1.807, 2.05) is 13.8 Å². The van der Waals surface area contributed by atoms with Gasteiger partial charge in [0.15, 0.2) is 0 Å². The number of likely N-dealkylation sites (N-methyl/N-ethyl adjacent to an activating group) is 1. The van der Waals surface area contributed by atoms with E-state index in [0.717, 1.165) is 16.1 Å². The number of carbonyl (C=O) groups is 2. The second-order valence-electron chi connectivity index (χ2n) is 7.63. The highest BCUT2D eigenvalue weighted by Gasteiger charge is 2.28. The van der Waals surface area contributed by atoms with Gasteiger partial charge in [-0.25, -0.2) is 8.42 Å². The van der Waals surface area contributed by atoms with Crippen molar-refractivity contribution >= 4 is 21.8 Å². The third kappa shape index (κ3) is 9.67. The van der Waals surface area contributed by atoms with Gasteiger partial charge in [-0.2, -0.15) is 4.31 Å². The summed E-state index contributed by atoms with van der Waals surface area (Å²) >= 11 is 0. The Labute approximate surface area is 185 Å². The third-order valence-corrected chi connectivity index (χ3v) is 5.94. The van der Waals surface area contributed by atoms with E-state index in [0.29, 0.717) is 25.3 Å².